The van der Waals surface area contributed by atoms with E-state index in [-0.39, 0.29) is 31.7 Å². The number of hydrogen-bond donors (Lipinski definition) is 3. The molecule has 0 amide bonds. The summed E-state index contributed by atoms with van der Waals surface area (Å²) in [6.07, 6.45) is 0.0591. The van der Waals surface area contributed by atoms with Crippen molar-refractivity contribution < 1.29 is 19.5 Å². The topological polar surface area (TPSA) is 120 Å². The van der Waals surface area contributed by atoms with Crippen LogP contribution in [0.5, 0.6) is 0 Å². The van der Waals surface area contributed by atoms with E-state index in [1.165, 1.54) is 0 Å². The van der Waals surface area contributed by atoms with Crippen molar-refractivity contribution in [2.75, 3.05) is 19.8 Å². The van der Waals surface area contributed by atoms with Crippen LogP contribution in [0.15, 0.2) is 0 Å². The number of aliphatic hydroxyl groups is 2. The second kappa shape index (κ2) is 9.52. The highest BCUT2D eigenvalue weighted by molar-refractivity contribution is 7.43. The number of rotatable bonds is 10. The fourth-order valence-corrected chi connectivity index (χ4v) is 4.31. The molecular weight excluding hydrogens is 293 g/mol. The number of hydrogen-bond acceptors (Lipinski definition) is 6. The van der Waals surface area contributed by atoms with Gasteiger partial charge >= 0.3 is 0 Å². The van der Waals surface area contributed by atoms with Gasteiger partial charge in [-0.3, -0.25) is 0 Å². The van der Waals surface area contributed by atoms with Gasteiger partial charge in [0.25, 0.3) is 0 Å². The summed E-state index contributed by atoms with van der Waals surface area (Å²) in [4.78, 5) is 0. The lowest BCUT2D eigenvalue weighted by molar-refractivity contribution is -0.180. The summed E-state index contributed by atoms with van der Waals surface area (Å²) in [6, 6.07) is 1.76. The molecule has 0 aliphatic heterocycles. The van der Waals surface area contributed by atoms with Crippen LogP contribution in [-0.4, -0.2) is 52.3 Å². The summed E-state index contributed by atoms with van der Waals surface area (Å²) in [5.41, 5.74) is 3.52. The fraction of sp³-hybridized carbons (Fsp3) is 0.923. The Balaban J connectivity index is 5.45. The zero-order chi connectivity index (χ0) is 16.6. The minimum atomic E-state index is -2.80. The number of nitrogens with two attached hydrogens (primary N) is 1. The Kier molecular flexibility index (Phi) is 9.30. The van der Waals surface area contributed by atoms with Gasteiger partial charge in [0.05, 0.1) is 31.6 Å². The van der Waals surface area contributed by atoms with Crippen LogP contribution in [0.2, 0.25) is 0 Å². The molecule has 2 unspecified atom stereocenters. The van der Waals surface area contributed by atoms with Gasteiger partial charge in [-0.15, -0.1) is 0 Å². The first-order valence-electron chi connectivity index (χ1n) is 7.13. The molecule has 0 saturated carbocycles. The summed E-state index contributed by atoms with van der Waals surface area (Å²) in [5, 5.41) is 28.7. The lowest BCUT2D eigenvalue weighted by Gasteiger charge is -2.40. The molecule has 21 heavy (non-hydrogen) atoms. The van der Waals surface area contributed by atoms with Crippen LogP contribution < -0.4 is 5.73 Å². The third-order valence-electron chi connectivity index (χ3n) is 3.25. The second-order valence-electron chi connectivity index (χ2n) is 5.47. The first kappa shape index (κ1) is 20.5. The fourth-order valence-electron chi connectivity index (χ4n) is 2.21. The van der Waals surface area contributed by atoms with Gasteiger partial charge in [-0.05, 0) is 27.7 Å². The van der Waals surface area contributed by atoms with Gasteiger partial charge in [0.2, 0.25) is 5.53 Å². The van der Waals surface area contributed by atoms with Gasteiger partial charge in [0.1, 0.15) is 0 Å². The molecule has 7 nitrogen and oxygen atoms in total. The molecule has 0 aromatic carbocycles. The lowest BCUT2D eigenvalue weighted by atomic mass is 10.1. The van der Waals surface area contributed by atoms with Crippen molar-refractivity contribution in [1.29, 1.82) is 5.26 Å². The van der Waals surface area contributed by atoms with Crippen molar-refractivity contribution >= 4 is 7.95 Å². The number of aliphatic hydroxyl groups excluding tert-OH is 1. The monoisotopic (exact) mass is 321 g/mol. The van der Waals surface area contributed by atoms with Crippen molar-refractivity contribution in [2.45, 2.75) is 51.7 Å². The molecule has 124 valence electrons. The van der Waals surface area contributed by atoms with E-state index < -0.39 is 26.0 Å². The van der Waals surface area contributed by atoms with E-state index in [4.69, 9.17) is 15.7 Å². The Bertz CT molecular complexity index is 361. The van der Waals surface area contributed by atoms with E-state index in [1.54, 1.807) is 4.67 Å². The number of ether oxygens (including phenoxy) is 1. The van der Waals surface area contributed by atoms with E-state index in [1.807, 2.05) is 33.8 Å². The zero-order valence-electron chi connectivity index (χ0n) is 13.2. The van der Waals surface area contributed by atoms with Crippen LogP contribution in [0.25, 0.3) is 0 Å². The van der Waals surface area contributed by atoms with E-state index in [0.717, 1.165) is 0 Å². The molecule has 4 N–H and O–H groups in total. The highest BCUT2D eigenvalue weighted by atomic mass is 31.1. The molecular formula is C13H28N3O4P. The van der Waals surface area contributed by atoms with Gasteiger partial charge in [0.15, 0.2) is 7.95 Å². The first-order chi connectivity index (χ1) is 9.76. The molecule has 0 spiro atoms. The molecule has 0 fully saturated rings. The Morgan fingerprint density at radius 2 is 1.90 bits per heavy atom. The van der Waals surface area contributed by atoms with Gasteiger partial charge in [-0.25, -0.2) is 4.67 Å². The summed E-state index contributed by atoms with van der Waals surface area (Å²) in [6.45, 7) is 6.90. The molecule has 0 aromatic rings. The molecule has 0 aromatic heterocycles. The third-order valence-corrected chi connectivity index (χ3v) is 5.92. The normalized spacial score (nSPS) is 17.8. The Morgan fingerprint density at radius 1 is 1.38 bits per heavy atom. The van der Waals surface area contributed by atoms with E-state index in [2.05, 4.69) is 0 Å². The largest absolute Gasteiger partial charge is 0.396 e. The van der Waals surface area contributed by atoms with Crippen LogP contribution in [0.3, 0.4) is 0 Å². The summed E-state index contributed by atoms with van der Waals surface area (Å²) < 4.78 is 19.9. The smallest absolute Gasteiger partial charge is 0.237 e. The van der Waals surface area contributed by atoms with Crippen LogP contribution in [0, 0.1) is 17.2 Å². The maximum Gasteiger partial charge on any atom is 0.237 e. The van der Waals surface area contributed by atoms with Crippen molar-refractivity contribution in [2.24, 2.45) is 11.7 Å². The van der Waals surface area contributed by atoms with Crippen LogP contribution in [0.1, 0.15) is 34.1 Å². The van der Waals surface area contributed by atoms with Gasteiger partial charge in [0, 0.05) is 18.6 Å². The van der Waals surface area contributed by atoms with E-state index in [9.17, 15) is 14.8 Å². The minimum absolute atomic E-state index is 0.0591. The van der Waals surface area contributed by atoms with Gasteiger partial charge < -0.3 is 25.2 Å². The molecule has 3 atom stereocenters. The summed E-state index contributed by atoms with van der Waals surface area (Å²) in [5.74, 6) is -0.873. The highest BCUT2D eigenvalue weighted by Gasteiger charge is 2.46. The van der Waals surface area contributed by atoms with E-state index >= 15 is 0 Å². The summed E-state index contributed by atoms with van der Waals surface area (Å²) in [7, 11) is -2.80. The zero-order valence-corrected chi connectivity index (χ0v) is 14.2. The average Bonchev–Trinajstić information content (AvgIpc) is 2.39. The second-order valence-corrected chi connectivity index (χ2v) is 7.31. The third kappa shape index (κ3) is 5.33. The van der Waals surface area contributed by atoms with Crippen LogP contribution in [0.4, 0.5) is 0 Å². The molecule has 0 saturated heterocycles. The first-order valence-corrected chi connectivity index (χ1v) is 8.48. The van der Waals surface area contributed by atoms with Crippen LogP contribution >= 0.6 is 7.95 Å². The van der Waals surface area contributed by atoms with Crippen LogP contribution in [-0.2, 0) is 9.30 Å². The maximum atomic E-state index is 12.9. The summed E-state index contributed by atoms with van der Waals surface area (Å²) >= 11 is 0. The number of nitrogens with zero attached hydrogens (tertiary/aromatic N) is 2. The molecule has 0 bridgehead atoms. The Hall–Kier alpha value is -0.480. The molecule has 0 rings (SSSR count). The molecule has 0 heterocycles. The predicted octanol–water partition coefficient (Wildman–Crippen LogP) is 0.723. The molecule has 0 aliphatic rings. The van der Waals surface area contributed by atoms with E-state index in [0.29, 0.717) is 0 Å². The van der Waals surface area contributed by atoms with Crippen molar-refractivity contribution in [3.63, 3.8) is 0 Å². The predicted molar refractivity (Wildman–Crippen MR) is 81.9 cm³/mol. The lowest BCUT2D eigenvalue weighted by Crippen LogP contribution is -2.48. The minimum Gasteiger partial charge on any atom is -0.396 e. The van der Waals surface area contributed by atoms with Gasteiger partial charge in [-0.1, -0.05) is 0 Å². The highest BCUT2D eigenvalue weighted by Crippen LogP contribution is 2.48. The molecule has 0 radical (unpaired) electrons. The maximum absolute atomic E-state index is 12.9. The van der Waals surface area contributed by atoms with Crippen molar-refractivity contribution in [3.8, 4) is 6.07 Å². The van der Waals surface area contributed by atoms with Crippen molar-refractivity contribution in [3.05, 3.63) is 0 Å². The Morgan fingerprint density at radius 3 is 2.24 bits per heavy atom. The Labute approximate surface area is 127 Å². The molecule has 0 aliphatic carbocycles. The quantitative estimate of drug-likeness (QED) is 0.308. The van der Waals surface area contributed by atoms with Gasteiger partial charge in [-0.2, -0.15) is 5.26 Å². The standard InChI is InChI=1S/C13H28N3O4P/c1-10(2)16(11(3)4)21(19)13(18,12(8-15)9-17)20-7-5-6-14/h10-12,17-18,21H,5,7-9,15H2,1-4H3/t12?,13-/m0/s1. The number of nitriles is 1. The molecule has 8 heteroatoms. The average molecular weight is 321 g/mol. The SMILES string of the molecule is CC(C)N(C(C)C)[PH](=O)[C@@](O)(OCCC#N)C(CN)CO. The van der Waals surface area contributed by atoms with Crippen molar-refractivity contribution in [1.82, 2.24) is 4.67 Å².